The zero-order valence-corrected chi connectivity index (χ0v) is 11.8. The van der Waals surface area contributed by atoms with Gasteiger partial charge in [-0.3, -0.25) is 0 Å². The molecule has 0 aliphatic rings. The van der Waals surface area contributed by atoms with E-state index in [1.807, 2.05) is 7.05 Å². The number of thiazole rings is 1. The van der Waals surface area contributed by atoms with Gasteiger partial charge in [0, 0.05) is 11.9 Å². The highest BCUT2D eigenvalue weighted by Gasteiger charge is 2.03. The third-order valence-electron chi connectivity index (χ3n) is 2.51. The van der Waals surface area contributed by atoms with Gasteiger partial charge in [0.2, 0.25) is 0 Å². The number of aryl methyl sites for hydroxylation is 2. The van der Waals surface area contributed by atoms with E-state index in [9.17, 15) is 0 Å². The lowest BCUT2D eigenvalue weighted by molar-refractivity contribution is 0.305. The number of nitrogens with zero attached hydrogens (tertiary/aromatic N) is 1. The summed E-state index contributed by atoms with van der Waals surface area (Å²) in [7, 11) is 1.92. The Morgan fingerprint density at radius 2 is 1.94 bits per heavy atom. The second-order valence-corrected chi connectivity index (χ2v) is 5.32. The normalized spacial score (nSPS) is 10.6. The van der Waals surface area contributed by atoms with Crippen LogP contribution in [-0.4, -0.2) is 12.0 Å². The minimum absolute atomic E-state index is 0.539. The second-order valence-electron chi connectivity index (χ2n) is 4.38. The topological polar surface area (TPSA) is 34.1 Å². The predicted molar refractivity (Wildman–Crippen MR) is 75.1 cm³/mol. The first-order chi connectivity index (χ1) is 8.67. The van der Waals surface area contributed by atoms with Crippen molar-refractivity contribution in [2.45, 2.75) is 27.0 Å². The minimum atomic E-state index is 0.539. The molecule has 2 aromatic rings. The number of hydrogen-bond donors (Lipinski definition) is 1. The van der Waals surface area contributed by atoms with Crippen molar-refractivity contribution in [2.24, 2.45) is 0 Å². The molecule has 0 atom stereocenters. The Morgan fingerprint density at radius 3 is 2.61 bits per heavy atom. The van der Waals surface area contributed by atoms with E-state index in [0.29, 0.717) is 6.61 Å². The van der Waals surface area contributed by atoms with Gasteiger partial charge < -0.3 is 10.1 Å². The molecule has 3 nitrogen and oxygen atoms in total. The Kier molecular flexibility index (Phi) is 4.33. The fourth-order valence-corrected chi connectivity index (χ4v) is 2.54. The first-order valence-corrected chi connectivity index (χ1v) is 6.84. The third kappa shape index (κ3) is 3.55. The third-order valence-corrected chi connectivity index (χ3v) is 3.39. The number of aromatic nitrogens is 1. The van der Waals surface area contributed by atoms with Crippen LogP contribution >= 0.6 is 11.3 Å². The minimum Gasteiger partial charge on any atom is -0.486 e. The molecule has 0 aliphatic carbocycles. The lowest BCUT2D eigenvalue weighted by Crippen LogP contribution is -2.05. The molecule has 0 radical (unpaired) electrons. The first-order valence-electron chi connectivity index (χ1n) is 5.96. The van der Waals surface area contributed by atoms with E-state index < -0.39 is 0 Å². The molecule has 0 fully saturated rings. The fourth-order valence-electron chi connectivity index (χ4n) is 1.84. The monoisotopic (exact) mass is 262 g/mol. The summed E-state index contributed by atoms with van der Waals surface area (Å²) in [4.78, 5) is 4.49. The van der Waals surface area contributed by atoms with Gasteiger partial charge in [-0.1, -0.05) is 6.07 Å². The van der Waals surface area contributed by atoms with Gasteiger partial charge >= 0.3 is 0 Å². The molecule has 0 unspecified atom stereocenters. The molecule has 0 saturated heterocycles. The van der Waals surface area contributed by atoms with E-state index in [1.165, 1.54) is 11.1 Å². The summed E-state index contributed by atoms with van der Waals surface area (Å²) in [6, 6.07) is 6.24. The molecule has 0 bridgehead atoms. The van der Waals surface area contributed by atoms with Crippen LogP contribution in [0.3, 0.4) is 0 Å². The molecular weight excluding hydrogens is 244 g/mol. The molecule has 96 valence electrons. The average Bonchev–Trinajstić information content (AvgIpc) is 2.74. The molecule has 18 heavy (non-hydrogen) atoms. The van der Waals surface area contributed by atoms with Crippen molar-refractivity contribution in [1.29, 1.82) is 0 Å². The van der Waals surface area contributed by atoms with Crippen molar-refractivity contribution in [1.82, 2.24) is 10.3 Å². The molecule has 0 saturated carbocycles. The van der Waals surface area contributed by atoms with Gasteiger partial charge in [-0.2, -0.15) is 0 Å². The van der Waals surface area contributed by atoms with Crippen molar-refractivity contribution in [3.05, 3.63) is 45.4 Å². The SMILES string of the molecule is CNCc1csc(COc2cc(C)cc(C)c2)n1. The van der Waals surface area contributed by atoms with Crippen LogP contribution in [0.4, 0.5) is 0 Å². The van der Waals surface area contributed by atoms with Crippen LogP contribution < -0.4 is 10.1 Å². The smallest absolute Gasteiger partial charge is 0.140 e. The van der Waals surface area contributed by atoms with E-state index in [1.54, 1.807) is 11.3 Å². The largest absolute Gasteiger partial charge is 0.486 e. The number of rotatable bonds is 5. The first kappa shape index (κ1) is 13.1. The highest BCUT2D eigenvalue weighted by atomic mass is 32.1. The number of hydrogen-bond acceptors (Lipinski definition) is 4. The highest BCUT2D eigenvalue weighted by molar-refractivity contribution is 7.09. The molecule has 0 spiro atoms. The van der Waals surface area contributed by atoms with E-state index >= 15 is 0 Å². The standard InChI is InChI=1S/C14H18N2OS/c1-10-4-11(2)6-13(5-10)17-8-14-16-12(7-15-3)9-18-14/h4-6,9,15H,7-8H2,1-3H3. The Bertz CT molecular complexity index is 502. The fraction of sp³-hybridized carbons (Fsp3) is 0.357. The molecule has 1 heterocycles. The maximum atomic E-state index is 5.77. The van der Waals surface area contributed by atoms with Crippen LogP contribution in [0.25, 0.3) is 0 Å². The van der Waals surface area contributed by atoms with Crippen LogP contribution in [0, 0.1) is 13.8 Å². The Morgan fingerprint density at radius 1 is 1.22 bits per heavy atom. The number of ether oxygens (including phenoxy) is 1. The van der Waals surface area contributed by atoms with E-state index in [-0.39, 0.29) is 0 Å². The lowest BCUT2D eigenvalue weighted by Gasteiger charge is -2.06. The van der Waals surface area contributed by atoms with Crippen molar-refractivity contribution in [2.75, 3.05) is 7.05 Å². The van der Waals surface area contributed by atoms with Crippen LogP contribution in [0.2, 0.25) is 0 Å². The molecule has 0 amide bonds. The summed E-state index contributed by atoms with van der Waals surface area (Å²) < 4.78 is 5.77. The quantitative estimate of drug-likeness (QED) is 0.899. The van der Waals surface area contributed by atoms with Gasteiger partial charge in [0.1, 0.15) is 17.4 Å². The summed E-state index contributed by atoms with van der Waals surface area (Å²) >= 11 is 1.64. The van der Waals surface area contributed by atoms with Gasteiger partial charge in [-0.25, -0.2) is 4.98 Å². The van der Waals surface area contributed by atoms with Crippen molar-refractivity contribution in [3.63, 3.8) is 0 Å². The molecule has 4 heteroatoms. The summed E-state index contributed by atoms with van der Waals surface area (Å²) in [6.45, 7) is 5.50. The summed E-state index contributed by atoms with van der Waals surface area (Å²) in [6.07, 6.45) is 0. The Balaban J connectivity index is 1.97. The van der Waals surface area contributed by atoms with Gasteiger partial charge in [0.05, 0.1) is 5.69 Å². The summed E-state index contributed by atoms with van der Waals surface area (Å²) in [5.74, 6) is 0.915. The van der Waals surface area contributed by atoms with Gasteiger partial charge in [-0.05, 0) is 44.2 Å². The van der Waals surface area contributed by atoms with Crippen molar-refractivity contribution in [3.8, 4) is 5.75 Å². The highest BCUT2D eigenvalue weighted by Crippen LogP contribution is 2.18. The Labute approximate surface area is 112 Å². The maximum absolute atomic E-state index is 5.77. The van der Waals surface area contributed by atoms with Crippen LogP contribution in [0.5, 0.6) is 5.75 Å². The molecule has 2 rings (SSSR count). The average molecular weight is 262 g/mol. The van der Waals surface area contributed by atoms with E-state index in [0.717, 1.165) is 23.0 Å². The molecule has 1 aromatic carbocycles. The van der Waals surface area contributed by atoms with Crippen LogP contribution in [0.1, 0.15) is 21.8 Å². The molecule has 1 N–H and O–H groups in total. The number of benzene rings is 1. The van der Waals surface area contributed by atoms with Crippen LogP contribution in [0.15, 0.2) is 23.6 Å². The van der Waals surface area contributed by atoms with Crippen molar-refractivity contribution < 1.29 is 4.74 Å². The second kappa shape index (κ2) is 5.98. The van der Waals surface area contributed by atoms with Gasteiger partial charge in [-0.15, -0.1) is 11.3 Å². The zero-order valence-electron chi connectivity index (χ0n) is 11.0. The number of nitrogens with one attached hydrogen (secondary N) is 1. The zero-order chi connectivity index (χ0) is 13.0. The van der Waals surface area contributed by atoms with Gasteiger partial charge in [0.25, 0.3) is 0 Å². The molecular formula is C14H18N2OS. The molecule has 0 aliphatic heterocycles. The van der Waals surface area contributed by atoms with Gasteiger partial charge in [0.15, 0.2) is 0 Å². The van der Waals surface area contributed by atoms with E-state index in [4.69, 9.17) is 4.74 Å². The summed E-state index contributed by atoms with van der Waals surface area (Å²) in [5, 5.41) is 6.17. The van der Waals surface area contributed by atoms with Crippen molar-refractivity contribution >= 4 is 11.3 Å². The maximum Gasteiger partial charge on any atom is 0.140 e. The van der Waals surface area contributed by atoms with Crippen LogP contribution in [-0.2, 0) is 13.2 Å². The Hall–Kier alpha value is -1.39. The van der Waals surface area contributed by atoms with E-state index in [2.05, 4.69) is 47.7 Å². The lowest BCUT2D eigenvalue weighted by atomic mass is 10.1. The molecule has 1 aromatic heterocycles. The summed E-state index contributed by atoms with van der Waals surface area (Å²) in [5.41, 5.74) is 3.52. The predicted octanol–water partition coefficient (Wildman–Crippen LogP) is 3.06.